The third kappa shape index (κ3) is 4.77. The molecule has 0 spiro atoms. The van der Waals surface area contributed by atoms with Gasteiger partial charge >= 0.3 is 5.97 Å². The van der Waals surface area contributed by atoms with Crippen molar-refractivity contribution in [1.82, 2.24) is 5.16 Å². The number of Topliss-reactive ketones (excluding diaryl/α,β-unsaturated/α-hetero) is 1. The highest BCUT2D eigenvalue weighted by atomic mass is 16.5. The standard InChI is InChI=1S/C34H33NO5/c1-3-39-33(38)34(16-17-34)26-14-12-23(13-15-26)22-8-10-24(11-9-22)32-29(21(2)35-40-32)19-27(36)20-30-28-7-5-4-6-25(28)18-31(30)37/h4-15,30-31,37H,3,16-20H2,1-2H3/t30-,31+/m0/s1. The molecule has 3 aromatic carbocycles. The summed E-state index contributed by atoms with van der Waals surface area (Å²) in [5.74, 6) is 0.351. The van der Waals surface area contributed by atoms with Crippen molar-refractivity contribution in [2.24, 2.45) is 0 Å². The summed E-state index contributed by atoms with van der Waals surface area (Å²) in [6.45, 7) is 4.08. The van der Waals surface area contributed by atoms with Gasteiger partial charge < -0.3 is 14.4 Å². The third-order valence-electron chi connectivity index (χ3n) is 8.49. The van der Waals surface area contributed by atoms with Crippen molar-refractivity contribution < 1.29 is 24.0 Å². The number of aromatic nitrogens is 1. The normalized spacial score (nSPS) is 18.8. The molecule has 0 bridgehead atoms. The zero-order valence-electron chi connectivity index (χ0n) is 22.9. The van der Waals surface area contributed by atoms with Gasteiger partial charge in [0, 0.05) is 29.9 Å². The second-order valence-corrected chi connectivity index (χ2v) is 11.0. The second kappa shape index (κ2) is 10.5. The predicted octanol–water partition coefficient (Wildman–Crippen LogP) is 6.11. The number of ketones is 1. The molecule has 0 unspecified atom stereocenters. The maximum absolute atomic E-state index is 13.2. The van der Waals surface area contributed by atoms with Crippen LogP contribution in [-0.4, -0.2) is 34.7 Å². The molecular formula is C34H33NO5. The smallest absolute Gasteiger partial charge is 0.316 e. The van der Waals surface area contributed by atoms with Crippen LogP contribution in [0.2, 0.25) is 0 Å². The maximum Gasteiger partial charge on any atom is 0.316 e. The predicted molar refractivity (Wildman–Crippen MR) is 152 cm³/mol. The summed E-state index contributed by atoms with van der Waals surface area (Å²) in [5.41, 5.74) is 7.16. The molecular weight excluding hydrogens is 502 g/mol. The molecule has 0 saturated heterocycles. The molecule has 0 amide bonds. The van der Waals surface area contributed by atoms with Crippen LogP contribution in [0.25, 0.3) is 22.5 Å². The molecule has 6 nitrogen and oxygen atoms in total. The summed E-state index contributed by atoms with van der Waals surface area (Å²) in [7, 11) is 0. The number of nitrogens with zero attached hydrogens (tertiary/aromatic N) is 1. The quantitative estimate of drug-likeness (QED) is 0.260. The molecule has 0 radical (unpaired) electrons. The van der Waals surface area contributed by atoms with E-state index in [9.17, 15) is 14.7 Å². The van der Waals surface area contributed by atoms with Crippen molar-refractivity contribution in [3.63, 3.8) is 0 Å². The molecule has 1 saturated carbocycles. The first-order valence-corrected chi connectivity index (χ1v) is 14.0. The van der Waals surface area contributed by atoms with Crippen LogP contribution in [0.15, 0.2) is 77.3 Å². The fourth-order valence-electron chi connectivity index (χ4n) is 6.04. The number of ether oxygens (including phenoxy) is 1. The van der Waals surface area contributed by atoms with Gasteiger partial charge in [0.15, 0.2) is 5.76 Å². The minimum atomic E-state index is -0.536. The van der Waals surface area contributed by atoms with Crippen LogP contribution >= 0.6 is 0 Å². The van der Waals surface area contributed by atoms with Gasteiger partial charge in [-0.15, -0.1) is 0 Å². The van der Waals surface area contributed by atoms with E-state index in [0.29, 0.717) is 24.5 Å². The summed E-state index contributed by atoms with van der Waals surface area (Å²) < 4.78 is 11.0. The first-order chi connectivity index (χ1) is 19.4. The number of carbonyl (C=O) groups excluding carboxylic acids is 2. The van der Waals surface area contributed by atoms with E-state index in [-0.39, 0.29) is 30.5 Å². The molecule has 204 valence electrons. The second-order valence-electron chi connectivity index (χ2n) is 11.0. The molecule has 1 heterocycles. The Morgan fingerprint density at radius 3 is 2.30 bits per heavy atom. The summed E-state index contributed by atoms with van der Waals surface area (Å²) in [6.07, 6.45) is 2.21. The number of aliphatic hydroxyl groups excluding tert-OH is 1. The van der Waals surface area contributed by atoms with Gasteiger partial charge in [0.1, 0.15) is 5.78 Å². The third-order valence-corrected chi connectivity index (χ3v) is 8.49. The van der Waals surface area contributed by atoms with Crippen LogP contribution in [-0.2, 0) is 32.6 Å². The van der Waals surface area contributed by atoms with Gasteiger partial charge in [0.05, 0.1) is 23.8 Å². The van der Waals surface area contributed by atoms with Gasteiger partial charge in [0.2, 0.25) is 0 Å². The highest BCUT2D eigenvalue weighted by molar-refractivity contribution is 5.87. The summed E-state index contributed by atoms with van der Waals surface area (Å²) in [5, 5.41) is 14.8. The van der Waals surface area contributed by atoms with Crippen LogP contribution in [0.4, 0.5) is 0 Å². The van der Waals surface area contributed by atoms with Gasteiger partial charge in [0.25, 0.3) is 0 Å². The maximum atomic E-state index is 13.2. The molecule has 6 rings (SSSR count). The first-order valence-electron chi connectivity index (χ1n) is 14.0. The number of fused-ring (bicyclic) bond motifs is 1. The number of hydrogen-bond donors (Lipinski definition) is 1. The Bertz CT molecular complexity index is 1550. The lowest BCUT2D eigenvalue weighted by molar-refractivity contribution is -0.146. The Hall–Kier alpha value is -4.03. The number of esters is 1. The number of aryl methyl sites for hydroxylation is 1. The Kier molecular flexibility index (Phi) is 6.88. The van der Waals surface area contributed by atoms with E-state index in [1.54, 1.807) is 0 Å². The monoisotopic (exact) mass is 535 g/mol. The van der Waals surface area contributed by atoms with Crippen LogP contribution < -0.4 is 0 Å². The molecule has 4 aromatic rings. The number of rotatable bonds is 9. The zero-order chi connectivity index (χ0) is 27.9. The fourth-order valence-corrected chi connectivity index (χ4v) is 6.04. The lowest BCUT2D eigenvalue weighted by atomic mass is 9.91. The minimum Gasteiger partial charge on any atom is -0.465 e. The number of hydrogen-bond acceptors (Lipinski definition) is 6. The first kappa shape index (κ1) is 26.2. The van der Waals surface area contributed by atoms with Crippen LogP contribution in [0, 0.1) is 6.92 Å². The molecule has 2 aliphatic carbocycles. The Morgan fingerprint density at radius 1 is 0.975 bits per heavy atom. The number of aliphatic hydroxyl groups is 1. The molecule has 2 atom stereocenters. The lowest BCUT2D eigenvalue weighted by Gasteiger charge is -2.15. The Labute approximate surface area is 234 Å². The van der Waals surface area contributed by atoms with Gasteiger partial charge in [-0.3, -0.25) is 9.59 Å². The molecule has 40 heavy (non-hydrogen) atoms. The Balaban J connectivity index is 1.16. The van der Waals surface area contributed by atoms with E-state index in [1.807, 2.05) is 86.6 Å². The highest BCUT2D eigenvalue weighted by Crippen LogP contribution is 2.49. The topological polar surface area (TPSA) is 89.6 Å². The summed E-state index contributed by atoms with van der Waals surface area (Å²) >= 11 is 0. The van der Waals surface area contributed by atoms with Gasteiger partial charge in [-0.05, 0) is 60.9 Å². The van der Waals surface area contributed by atoms with Crippen molar-refractivity contribution in [2.45, 2.75) is 63.4 Å². The number of benzene rings is 3. The molecule has 1 fully saturated rings. The van der Waals surface area contributed by atoms with Crippen LogP contribution in [0.1, 0.15) is 60.1 Å². The van der Waals surface area contributed by atoms with Crippen molar-refractivity contribution in [3.05, 3.63) is 101 Å². The van der Waals surface area contributed by atoms with Gasteiger partial charge in [-0.1, -0.05) is 78.0 Å². The van der Waals surface area contributed by atoms with Crippen LogP contribution in [0.5, 0.6) is 0 Å². The minimum absolute atomic E-state index is 0.0567. The van der Waals surface area contributed by atoms with Crippen molar-refractivity contribution >= 4 is 11.8 Å². The molecule has 1 N–H and O–H groups in total. The zero-order valence-corrected chi connectivity index (χ0v) is 22.9. The average Bonchev–Trinajstić information content (AvgIpc) is 3.63. The molecule has 2 aliphatic rings. The molecule has 0 aliphatic heterocycles. The summed E-state index contributed by atoms with van der Waals surface area (Å²) in [6, 6.07) is 24.1. The lowest BCUT2D eigenvalue weighted by Crippen LogP contribution is -2.23. The fraction of sp³-hybridized carbons (Fsp3) is 0.324. The average molecular weight is 536 g/mol. The summed E-state index contributed by atoms with van der Waals surface area (Å²) in [4.78, 5) is 25.6. The van der Waals surface area contributed by atoms with Crippen molar-refractivity contribution in [3.8, 4) is 22.5 Å². The van der Waals surface area contributed by atoms with Gasteiger partial charge in [-0.2, -0.15) is 0 Å². The van der Waals surface area contributed by atoms with E-state index < -0.39 is 11.5 Å². The largest absolute Gasteiger partial charge is 0.465 e. The van der Waals surface area contributed by atoms with E-state index in [0.717, 1.165) is 51.8 Å². The van der Waals surface area contributed by atoms with Crippen molar-refractivity contribution in [2.75, 3.05) is 6.61 Å². The van der Waals surface area contributed by atoms with Crippen molar-refractivity contribution in [1.29, 1.82) is 0 Å². The highest BCUT2D eigenvalue weighted by Gasteiger charge is 2.52. The van der Waals surface area contributed by atoms with E-state index in [4.69, 9.17) is 9.26 Å². The van der Waals surface area contributed by atoms with E-state index in [2.05, 4.69) is 5.16 Å². The molecule has 6 heteroatoms. The van der Waals surface area contributed by atoms with Gasteiger partial charge in [-0.25, -0.2) is 0 Å². The SMILES string of the molecule is CCOC(=O)C1(c2ccc(-c3ccc(-c4onc(C)c4CC(=O)C[C@H]4c5ccccc5C[C@H]4O)cc3)cc2)CC1. The van der Waals surface area contributed by atoms with E-state index in [1.165, 1.54) is 0 Å². The molecule has 1 aromatic heterocycles. The Morgan fingerprint density at radius 2 is 1.62 bits per heavy atom. The number of carbonyl (C=O) groups is 2. The van der Waals surface area contributed by atoms with Crippen LogP contribution in [0.3, 0.4) is 0 Å². The van der Waals surface area contributed by atoms with E-state index >= 15 is 0 Å².